The van der Waals surface area contributed by atoms with Crippen LogP contribution < -0.4 is 10.6 Å². The van der Waals surface area contributed by atoms with Gasteiger partial charge in [-0.2, -0.15) is 4.98 Å². The molecular weight excluding hydrogens is 304 g/mol. The third-order valence-electron chi connectivity index (χ3n) is 2.86. The summed E-state index contributed by atoms with van der Waals surface area (Å²) in [6.45, 7) is 2.88. The molecule has 0 aliphatic carbocycles. The molecule has 2 rings (SSSR count). The van der Waals surface area contributed by atoms with E-state index in [1.165, 1.54) is 11.6 Å². The van der Waals surface area contributed by atoms with Crippen LogP contribution in [0.2, 0.25) is 0 Å². The molecule has 0 aliphatic rings. The summed E-state index contributed by atoms with van der Waals surface area (Å²) in [6.07, 6.45) is 0. The normalized spacial score (nSPS) is 10.4. The lowest BCUT2D eigenvalue weighted by Gasteiger charge is -2.04. The summed E-state index contributed by atoms with van der Waals surface area (Å²) in [6, 6.07) is 1.79. The van der Waals surface area contributed by atoms with Gasteiger partial charge in [-0.1, -0.05) is 0 Å². The Bertz CT molecular complexity index is 769. The van der Waals surface area contributed by atoms with Crippen molar-refractivity contribution in [3.8, 4) is 0 Å². The van der Waals surface area contributed by atoms with Crippen molar-refractivity contribution in [3.63, 3.8) is 0 Å². The summed E-state index contributed by atoms with van der Waals surface area (Å²) in [5.74, 6) is -1.72. The molecule has 0 radical (unpaired) electrons. The maximum Gasteiger partial charge on any atom is 0.378 e. The number of amides is 2. The van der Waals surface area contributed by atoms with Crippen molar-refractivity contribution >= 4 is 23.6 Å². The Labute approximate surface area is 131 Å². The van der Waals surface area contributed by atoms with Gasteiger partial charge >= 0.3 is 5.97 Å². The number of hydrogen-bond donors (Lipinski definition) is 2. The van der Waals surface area contributed by atoms with Crippen LogP contribution in [0.1, 0.15) is 22.0 Å². The molecule has 23 heavy (non-hydrogen) atoms. The zero-order valence-electron chi connectivity index (χ0n) is 12.9. The second-order valence-electron chi connectivity index (χ2n) is 4.71. The Balaban J connectivity index is 1.97. The number of likely N-dealkylation sites (N-methyl/N-ethyl adjacent to an activating group) is 1. The number of rotatable bonds is 5. The lowest BCUT2D eigenvalue weighted by atomic mass is 10.4. The minimum Gasteiger partial charge on any atom is -0.450 e. The summed E-state index contributed by atoms with van der Waals surface area (Å²) in [7, 11) is 1.45. The summed E-state index contributed by atoms with van der Waals surface area (Å²) in [4.78, 5) is 42.4. The van der Waals surface area contributed by atoms with Crippen LogP contribution in [-0.4, -0.2) is 57.6 Å². The molecule has 10 nitrogen and oxygen atoms in total. The molecule has 0 spiro atoms. The molecule has 0 aliphatic heterocycles. The van der Waals surface area contributed by atoms with Crippen molar-refractivity contribution < 1.29 is 19.1 Å². The molecule has 0 saturated carbocycles. The van der Waals surface area contributed by atoms with Crippen LogP contribution in [0.15, 0.2) is 6.07 Å². The van der Waals surface area contributed by atoms with Crippen LogP contribution in [0.25, 0.3) is 5.78 Å². The van der Waals surface area contributed by atoms with E-state index in [-0.39, 0.29) is 24.1 Å². The largest absolute Gasteiger partial charge is 0.450 e. The van der Waals surface area contributed by atoms with Gasteiger partial charge in [-0.3, -0.25) is 9.59 Å². The summed E-state index contributed by atoms with van der Waals surface area (Å²) >= 11 is 0. The molecular formula is C13H16N6O4. The molecule has 2 heterocycles. The Kier molecular flexibility index (Phi) is 4.84. The highest BCUT2D eigenvalue weighted by Crippen LogP contribution is 2.06. The van der Waals surface area contributed by atoms with E-state index in [1.807, 2.05) is 0 Å². The Morgan fingerprint density at radius 2 is 1.96 bits per heavy atom. The number of ether oxygens (including phenoxy) is 1. The van der Waals surface area contributed by atoms with E-state index in [2.05, 4.69) is 25.7 Å². The van der Waals surface area contributed by atoms with Gasteiger partial charge in [0.05, 0.1) is 6.54 Å². The number of carbonyl (C=O) groups excluding carboxylic acids is 3. The standard InChI is InChI=1S/C13H16N6O4/c1-7-4-8(2)19-13(16-7)17-11(18-19)12(22)23-6-10(21)15-5-9(20)14-3/h4H,5-6H2,1-3H3,(H,14,20)(H,15,21). The second-order valence-corrected chi connectivity index (χ2v) is 4.71. The van der Waals surface area contributed by atoms with Crippen LogP contribution in [0.4, 0.5) is 0 Å². The highest BCUT2D eigenvalue weighted by atomic mass is 16.5. The molecule has 0 unspecified atom stereocenters. The minimum atomic E-state index is -0.845. The summed E-state index contributed by atoms with van der Waals surface area (Å²) in [5, 5.41) is 8.63. The maximum absolute atomic E-state index is 11.9. The van der Waals surface area contributed by atoms with Gasteiger partial charge in [0.1, 0.15) is 0 Å². The van der Waals surface area contributed by atoms with Crippen LogP contribution in [0.3, 0.4) is 0 Å². The van der Waals surface area contributed by atoms with E-state index in [9.17, 15) is 14.4 Å². The molecule has 2 aromatic heterocycles. The molecule has 0 saturated heterocycles. The monoisotopic (exact) mass is 320 g/mol. The zero-order chi connectivity index (χ0) is 17.0. The van der Waals surface area contributed by atoms with Crippen LogP contribution in [-0.2, 0) is 14.3 Å². The van der Waals surface area contributed by atoms with Gasteiger partial charge in [-0.15, -0.1) is 5.10 Å². The molecule has 2 aromatic rings. The van der Waals surface area contributed by atoms with E-state index in [0.717, 1.165) is 11.4 Å². The van der Waals surface area contributed by atoms with Crippen LogP contribution in [0.5, 0.6) is 0 Å². The molecule has 122 valence electrons. The predicted molar refractivity (Wildman–Crippen MR) is 77.6 cm³/mol. The SMILES string of the molecule is CNC(=O)CNC(=O)COC(=O)c1nc2nc(C)cc(C)n2n1. The number of hydrogen-bond acceptors (Lipinski definition) is 7. The lowest BCUT2D eigenvalue weighted by Crippen LogP contribution is -2.37. The van der Waals surface area contributed by atoms with Gasteiger partial charge in [-0.25, -0.2) is 14.3 Å². The maximum atomic E-state index is 11.9. The zero-order valence-corrected chi connectivity index (χ0v) is 12.9. The van der Waals surface area contributed by atoms with Gasteiger partial charge in [0, 0.05) is 18.4 Å². The first-order chi connectivity index (χ1) is 10.9. The number of carbonyl (C=O) groups is 3. The number of esters is 1. The Hall–Kier alpha value is -3.04. The number of aromatic nitrogens is 4. The average molecular weight is 320 g/mol. The van der Waals surface area contributed by atoms with Gasteiger partial charge in [0.25, 0.3) is 17.5 Å². The fourth-order valence-electron chi connectivity index (χ4n) is 1.77. The first-order valence-corrected chi connectivity index (χ1v) is 6.76. The lowest BCUT2D eigenvalue weighted by molar-refractivity contribution is -0.127. The Morgan fingerprint density at radius 3 is 2.65 bits per heavy atom. The van der Waals surface area contributed by atoms with E-state index in [1.54, 1.807) is 19.9 Å². The summed E-state index contributed by atoms with van der Waals surface area (Å²) in [5.41, 5.74) is 1.51. The van der Waals surface area contributed by atoms with Gasteiger partial charge < -0.3 is 15.4 Å². The predicted octanol–water partition coefficient (Wildman–Crippen LogP) is -1.24. The van der Waals surface area contributed by atoms with Crippen LogP contribution >= 0.6 is 0 Å². The van der Waals surface area contributed by atoms with Gasteiger partial charge in [-0.05, 0) is 19.9 Å². The first kappa shape index (κ1) is 16.3. The van der Waals surface area contributed by atoms with Crippen molar-refractivity contribution in [1.82, 2.24) is 30.2 Å². The number of nitrogens with zero attached hydrogens (tertiary/aromatic N) is 4. The second kappa shape index (κ2) is 6.81. The molecule has 0 fully saturated rings. The minimum absolute atomic E-state index is 0.190. The summed E-state index contributed by atoms with van der Waals surface area (Å²) < 4.78 is 6.22. The fourth-order valence-corrected chi connectivity index (χ4v) is 1.77. The van der Waals surface area contributed by atoms with E-state index < -0.39 is 18.5 Å². The molecule has 10 heteroatoms. The topological polar surface area (TPSA) is 128 Å². The number of nitrogens with one attached hydrogen (secondary N) is 2. The Morgan fingerprint density at radius 1 is 1.22 bits per heavy atom. The van der Waals surface area contributed by atoms with Crippen molar-refractivity contribution in [1.29, 1.82) is 0 Å². The average Bonchev–Trinajstić information content (AvgIpc) is 2.94. The first-order valence-electron chi connectivity index (χ1n) is 6.76. The van der Waals surface area contributed by atoms with Crippen molar-refractivity contribution in [3.05, 3.63) is 23.3 Å². The molecule has 2 N–H and O–H groups in total. The van der Waals surface area contributed by atoms with E-state index in [0.29, 0.717) is 0 Å². The third-order valence-corrected chi connectivity index (χ3v) is 2.86. The van der Waals surface area contributed by atoms with Crippen molar-refractivity contribution in [2.75, 3.05) is 20.2 Å². The quantitative estimate of drug-likeness (QED) is 0.659. The smallest absolute Gasteiger partial charge is 0.378 e. The highest BCUT2D eigenvalue weighted by Gasteiger charge is 2.17. The third kappa shape index (κ3) is 3.99. The van der Waals surface area contributed by atoms with Gasteiger partial charge in [0.15, 0.2) is 6.61 Å². The van der Waals surface area contributed by atoms with Crippen LogP contribution in [0, 0.1) is 13.8 Å². The number of fused-ring (bicyclic) bond motifs is 1. The molecule has 2 amide bonds. The van der Waals surface area contributed by atoms with Crippen molar-refractivity contribution in [2.24, 2.45) is 0 Å². The number of aryl methyl sites for hydroxylation is 2. The van der Waals surface area contributed by atoms with E-state index >= 15 is 0 Å². The molecule has 0 bridgehead atoms. The molecule has 0 atom stereocenters. The van der Waals surface area contributed by atoms with Crippen molar-refractivity contribution in [2.45, 2.75) is 13.8 Å². The van der Waals surface area contributed by atoms with E-state index in [4.69, 9.17) is 4.74 Å². The van der Waals surface area contributed by atoms with Gasteiger partial charge in [0.2, 0.25) is 5.91 Å². The fraction of sp³-hybridized carbons (Fsp3) is 0.385. The molecule has 0 aromatic carbocycles. The highest BCUT2D eigenvalue weighted by molar-refractivity contribution is 5.89.